The lowest BCUT2D eigenvalue weighted by Gasteiger charge is -2.21. The van der Waals surface area contributed by atoms with Crippen LogP contribution in [0.2, 0.25) is 0 Å². The number of hydrogen-bond donors (Lipinski definition) is 0. The topological polar surface area (TPSA) is 3.24 Å². The summed E-state index contributed by atoms with van der Waals surface area (Å²) in [6.45, 7) is 16.8. The number of anilines is 1. The predicted molar refractivity (Wildman–Crippen MR) is 155 cm³/mol. The smallest absolute Gasteiger partial charge is 0.196 e. The second-order valence-corrected chi connectivity index (χ2v) is 12.0. The van der Waals surface area contributed by atoms with Crippen LogP contribution in [0.3, 0.4) is 0 Å². The molecule has 0 bridgehead atoms. The molecule has 0 spiro atoms. The van der Waals surface area contributed by atoms with Gasteiger partial charge in [0.1, 0.15) is 6.30 Å². The van der Waals surface area contributed by atoms with Crippen molar-refractivity contribution in [2.75, 3.05) is 11.2 Å². The van der Waals surface area contributed by atoms with Crippen molar-refractivity contribution in [2.24, 2.45) is 11.8 Å². The lowest BCUT2D eigenvalue weighted by Crippen LogP contribution is -2.24. The summed E-state index contributed by atoms with van der Waals surface area (Å²) in [6.07, 6.45) is 17.3. The molecule has 0 N–H and O–H groups in total. The van der Waals surface area contributed by atoms with Crippen molar-refractivity contribution in [1.82, 2.24) is 0 Å². The SMILES string of the molecule is C=[P+](c1ccc(C)c(/C=C\CCC(CCC)CCC)c1)N(CC(C)C)c1cc(C)cc(C)c1. The molecule has 0 heterocycles. The number of rotatable bonds is 13. The van der Waals surface area contributed by atoms with E-state index >= 15 is 0 Å². The molecule has 0 saturated carbocycles. The Morgan fingerprint density at radius 3 is 2.12 bits per heavy atom. The lowest BCUT2D eigenvalue weighted by molar-refractivity contribution is 0.414. The molecule has 1 nitrogen and oxygen atoms in total. The predicted octanol–water partition coefficient (Wildman–Crippen LogP) is 9.24. The van der Waals surface area contributed by atoms with E-state index in [4.69, 9.17) is 6.30 Å². The summed E-state index contributed by atoms with van der Waals surface area (Å²) in [7, 11) is -0.691. The van der Waals surface area contributed by atoms with Crippen molar-refractivity contribution in [3.05, 3.63) is 64.7 Å². The first-order valence-electron chi connectivity index (χ1n) is 13.0. The molecule has 0 saturated heterocycles. The highest BCUT2D eigenvalue weighted by Gasteiger charge is 2.25. The van der Waals surface area contributed by atoms with Crippen LogP contribution in [0.4, 0.5) is 5.69 Å². The van der Waals surface area contributed by atoms with Crippen LogP contribution in [0, 0.1) is 32.6 Å². The third-order valence-corrected chi connectivity index (χ3v) is 8.18. The summed E-state index contributed by atoms with van der Waals surface area (Å²) in [5.41, 5.74) is 6.63. The summed E-state index contributed by atoms with van der Waals surface area (Å²) < 4.78 is 2.54. The zero-order valence-electron chi connectivity index (χ0n) is 22.3. The fourth-order valence-electron chi connectivity index (χ4n) is 4.69. The molecular formula is C31H47NP+. The van der Waals surface area contributed by atoms with Gasteiger partial charge in [-0.1, -0.05) is 77.7 Å². The first-order chi connectivity index (χ1) is 15.7. The Kier molecular flexibility index (Phi) is 11.4. The number of hydrogen-bond acceptors (Lipinski definition) is 1. The van der Waals surface area contributed by atoms with Crippen molar-refractivity contribution < 1.29 is 0 Å². The van der Waals surface area contributed by atoms with Gasteiger partial charge < -0.3 is 0 Å². The van der Waals surface area contributed by atoms with Crippen LogP contribution >= 0.6 is 7.70 Å². The molecule has 0 aliphatic heterocycles. The summed E-state index contributed by atoms with van der Waals surface area (Å²) in [5.74, 6) is 1.47. The van der Waals surface area contributed by atoms with Crippen molar-refractivity contribution in [1.29, 1.82) is 0 Å². The van der Waals surface area contributed by atoms with Crippen LogP contribution in [0.15, 0.2) is 42.5 Å². The highest BCUT2D eigenvalue weighted by atomic mass is 31.1. The van der Waals surface area contributed by atoms with Gasteiger partial charge in [0.05, 0.1) is 12.2 Å². The second-order valence-electron chi connectivity index (χ2n) is 10.2. The van der Waals surface area contributed by atoms with Gasteiger partial charge in [0.25, 0.3) is 0 Å². The van der Waals surface area contributed by atoms with E-state index in [0.717, 1.165) is 12.5 Å². The highest BCUT2D eigenvalue weighted by molar-refractivity contribution is 7.65. The Balaban J connectivity index is 2.23. The Morgan fingerprint density at radius 2 is 1.55 bits per heavy atom. The quantitative estimate of drug-likeness (QED) is 0.267. The van der Waals surface area contributed by atoms with Crippen LogP contribution in [-0.2, 0) is 0 Å². The first kappa shape index (κ1) is 27.4. The van der Waals surface area contributed by atoms with E-state index in [2.05, 4.69) is 102 Å². The monoisotopic (exact) mass is 464 g/mol. The molecule has 0 aliphatic rings. The number of benzene rings is 2. The van der Waals surface area contributed by atoms with Gasteiger partial charge in [-0.05, 0) is 92.0 Å². The number of aryl methyl sites for hydroxylation is 3. The van der Waals surface area contributed by atoms with E-state index in [9.17, 15) is 0 Å². The maximum atomic E-state index is 4.70. The molecule has 1 atom stereocenters. The van der Waals surface area contributed by atoms with Gasteiger partial charge in [0.2, 0.25) is 7.70 Å². The van der Waals surface area contributed by atoms with E-state index in [-0.39, 0.29) is 0 Å². The molecule has 180 valence electrons. The standard InChI is InChI=1S/C31H47NP/c1-9-13-28(14-10-2)15-11-12-16-29-22-31(18-17-27(29)7)33(8)32(23-24(3)4)30-20-25(5)19-26(6)21-30/h12,16-22,24,28H,8-11,13-15,23H2,1-7H3/q+1/b16-12-. The van der Waals surface area contributed by atoms with Gasteiger partial charge in [-0.2, -0.15) is 4.67 Å². The van der Waals surface area contributed by atoms with E-state index in [1.807, 2.05) is 0 Å². The van der Waals surface area contributed by atoms with Gasteiger partial charge in [0, 0.05) is 0 Å². The summed E-state index contributed by atoms with van der Waals surface area (Å²) >= 11 is 0. The Bertz CT molecular complexity index is 898. The molecular weight excluding hydrogens is 417 g/mol. The fourth-order valence-corrected chi connectivity index (χ4v) is 6.42. The minimum absolute atomic E-state index is 0.585. The van der Waals surface area contributed by atoms with E-state index in [1.54, 1.807) is 0 Å². The van der Waals surface area contributed by atoms with Crippen molar-refractivity contribution in [3.63, 3.8) is 0 Å². The molecule has 2 heteroatoms. The van der Waals surface area contributed by atoms with Crippen LogP contribution in [0.25, 0.3) is 6.08 Å². The van der Waals surface area contributed by atoms with Gasteiger partial charge in [0.15, 0.2) is 5.30 Å². The first-order valence-corrected chi connectivity index (χ1v) is 14.5. The molecule has 0 fully saturated rings. The van der Waals surface area contributed by atoms with E-state index in [0.29, 0.717) is 5.92 Å². The van der Waals surface area contributed by atoms with Crippen molar-refractivity contribution in [2.45, 2.75) is 87.0 Å². The normalized spacial score (nSPS) is 12.2. The minimum Gasteiger partial charge on any atom is -0.196 e. The van der Waals surface area contributed by atoms with Crippen LogP contribution in [-0.4, -0.2) is 12.8 Å². The number of allylic oxidation sites excluding steroid dienone is 1. The van der Waals surface area contributed by atoms with E-state index < -0.39 is 7.70 Å². The molecule has 33 heavy (non-hydrogen) atoms. The third kappa shape index (κ3) is 8.78. The Labute approximate surface area is 205 Å². The second kappa shape index (κ2) is 13.8. The summed E-state index contributed by atoms with van der Waals surface area (Å²) in [5, 5.41) is 1.35. The van der Waals surface area contributed by atoms with Gasteiger partial charge in [-0.15, -0.1) is 0 Å². The largest absolute Gasteiger partial charge is 0.242 e. The number of nitrogens with zero attached hydrogens (tertiary/aromatic N) is 1. The molecule has 2 aromatic carbocycles. The highest BCUT2D eigenvalue weighted by Crippen LogP contribution is 2.35. The maximum absolute atomic E-state index is 4.70. The average molecular weight is 465 g/mol. The van der Waals surface area contributed by atoms with Gasteiger partial charge >= 0.3 is 0 Å². The van der Waals surface area contributed by atoms with Crippen LogP contribution in [0.1, 0.15) is 88.5 Å². The fraction of sp³-hybridized carbons (Fsp3) is 0.516. The Hall–Kier alpha value is -1.85. The molecule has 0 aromatic heterocycles. The average Bonchev–Trinajstić information content (AvgIpc) is 2.75. The van der Waals surface area contributed by atoms with Crippen LogP contribution in [0.5, 0.6) is 0 Å². The molecule has 2 rings (SSSR count). The molecule has 0 radical (unpaired) electrons. The van der Waals surface area contributed by atoms with Crippen LogP contribution < -0.4 is 9.97 Å². The Morgan fingerprint density at radius 1 is 0.909 bits per heavy atom. The third-order valence-electron chi connectivity index (χ3n) is 6.33. The summed E-state index contributed by atoms with van der Waals surface area (Å²) in [6, 6.07) is 13.8. The van der Waals surface area contributed by atoms with Crippen molar-refractivity contribution in [3.8, 4) is 0 Å². The van der Waals surface area contributed by atoms with Gasteiger partial charge in [-0.3, -0.25) is 0 Å². The zero-order chi connectivity index (χ0) is 24.4. The molecule has 1 unspecified atom stereocenters. The van der Waals surface area contributed by atoms with Gasteiger partial charge in [-0.25, -0.2) is 0 Å². The zero-order valence-corrected chi connectivity index (χ0v) is 23.2. The summed E-state index contributed by atoms with van der Waals surface area (Å²) in [4.78, 5) is 0. The molecule has 0 amide bonds. The maximum Gasteiger partial charge on any atom is 0.242 e. The van der Waals surface area contributed by atoms with E-state index in [1.165, 1.54) is 71.8 Å². The molecule has 2 aromatic rings. The lowest BCUT2D eigenvalue weighted by atomic mass is 9.93. The minimum atomic E-state index is -0.691. The molecule has 0 aliphatic carbocycles. The van der Waals surface area contributed by atoms with Crippen molar-refractivity contribution >= 4 is 31.1 Å².